The van der Waals surface area contributed by atoms with E-state index in [2.05, 4.69) is 11.1 Å². The van der Waals surface area contributed by atoms with E-state index in [1.54, 1.807) is 0 Å². The third-order valence-electron chi connectivity index (χ3n) is 2.21. The summed E-state index contributed by atoms with van der Waals surface area (Å²) in [5, 5.41) is 1.14. The molecule has 0 saturated heterocycles. The fraction of sp³-hybridized carbons (Fsp3) is 0.273. The second kappa shape index (κ2) is 3.72. The highest BCUT2D eigenvalue weighted by molar-refractivity contribution is 5.90. The molecule has 0 fully saturated rings. The van der Waals surface area contributed by atoms with Crippen LogP contribution >= 0.6 is 0 Å². The lowest BCUT2D eigenvalue weighted by molar-refractivity contribution is 0.132. The van der Waals surface area contributed by atoms with Crippen LogP contribution < -0.4 is 5.73 Å². The molecule has 3 nitrogen and oxygen atoms in total. The minimum Gasteiger partial charge on any atom is -0.397 e. The lowest BCUT2D eigenvalue weighted by Crippen LogP contribution is -1.91. The van der Waals surface area contributed by atoms with Gasteiger partial charge in [-0.25, -0.2) is 0 Å². The lowest BCUT2D eigenvalue weighted by Gasteiger charge is -1.96. The molecule has 74 valence electrons. The topological polar surface area (TPSA) is 51.0 Å². The number of para-hydroxylation sites is 1. The summed E-state index contributed by atoms with van der Waals surface area (Å²) in [4.78, 5) is 3.25. The molecule has 0 radical (unpaired) electrons. The van der Waals surface area contributed by atoms with Gasteiger partial charge in [-0.15, -0.1) is 0 Å². The zero-order valence-corrected chi connectivity index (χ0v) is 8.21. The third-order valence-corrected chi connectivity index (χ3v) is 2.21. The van der Waals surface area contributed by atoms with E-state index < -0.39 is 0 Å². The van der Waals surface area contributed by atoms with E-state index in [-0.39, 0.29) is 0 Å². The van der Waals surface area contributed by atoms with Crippen LogP contribution in [0.2, 0.25) is 0 Å². The second-order valence-electron chi connectivity index (χ2n) is 3.24. The zero-order chi connectivity index (χ0) is 9.97. The zero-order valence-electron chi connectivity index (χ0n) is 8.21. The number of fused-ring (bicyclic) bond motifs is 1. The number of aromatic nitrogens is 1. The molecule has 3 heteroatoms. The van der Waals surface area contributed by atoms with Crippen LogP contribution in [0.1, 0.15) is 12.6 Å². The summed E-state index contributed by atoms with van der Waals surface area (Å²) >= 11 is 0. The maximum atomic E-state index is 5.83. The highest BCUT2D eigenvalue weighted by Crippen LogP contribution is 2.21. The molecule has 0 aliphatic rings. The molecular formula is C11H14N2O. The molecule has 0 saturated carbocycles. The summed E-state index contributed by atoms with van der Waals surface area (Å²) in [6.45, 7) is 3.33. The van der Waals surface area contributed by atoms with E-state index in [1.165, 1.54) is 0 Å². The van der Waals surface area contributed by atoms with E-state index in [1.807, 2.05) is 25.1 Å². The number of rotatable bonds is 3. The van der Waals surface area contributed by atoms with Crippen molar-refractivity contribution in [2.45, 2.75) is 13.5 Å². The van der Waals surface area contributed by atoms with Crippen LogP contribution in [-0.2, 0) is 11.3 Å². The van der Waals surface area contributed by atoms with Crippen LogP contribution in [-0.4, -0.2) is 11.6 Å². The number of benzene rings is 1. The van der Waals surface area contributed by atoms with Gasteiger partial charge in [-0.2, -0.15) is 0 Å². The first-order valence-corrected chi connectivity index (χ1v) is 4.75. The summed E-state index contributed by atoms with van der Waals surface area (Å²) in [6, 6.07) is 7.96. The van der Waals surface area contributed by atoms with Crippen LogP contribution in [0.15, 0.2) is 24.3 Å². The number of nitrogen functional groups attached to an aromatic ring is 1. The van der Waals surface area contributed by atoms with Crippen molar-refractivity contribution in [1.82, 2.24) is 4.98 Å². The van der Waals surface area contributed by atoms with E-state index >= 15 is 0 Å². The predicted octanol–water partition coefficient (Wildman–Crippen LogP) is 2.29. The minimum absolute atomic E-state index is 0.616. The number of hydrogen-bond donors (Lipinski definition) is 2. The fourth-order valence-electron chi connectivity index (χ4n) is 1.53. The first-order valence-electron chi connectivity index (χ1n) is 4.75. The summed E-state index contributed by atoms with van der Waals surface area (Å²) in [7, 11) is 0. The van der Waals surface area contributed by atoms with Crippen molar-refractivity contribution in [2.24, 2.45) is 0 Å². The molecule has 0 atom stereocenters. The number of aromatic amines is 1. The summed E-state index contributed by atoms with van der Waals surface area (Å²) in [5.41, 5.74) is 8.68. The van der Waals surface area contributed by atoms with Gasteiger partial charge < -0.3 is 15.5 Å². The van der Waals surface area contributed by atoms with Gasteiger partial charge in [-0.05, 0) is 19.1 Å². The number of nitrogens with two attached hydrogens (primary N) is 1. The predicted molar refractivity (Wildman–Crippen MR) is 58.0 cm³/mol. The van der Waals surface area contributed by atoms with Crippen molar-refractivity contribution in [3.63, 3.8) is 0 Å². The van der Waals surface area contributed by atoms with Crippen molar-refractivity contribution in [1.29, 1.82) is 0 Å². The second-order valence-corrected chi connectivity index (χ2v) is 3.24. The Morgan fingerprint density at radius 3 is 3.00 bits per heavy atom. The van der Waals surface area contributed by atoms with Gasteiger partial charge in [0, 0.05) is 17.7 Å². The standard InChI is InChI=1S/C11H14N2O/c1-2-14-7-9-6-8-4-3-5-10(12)11(8)13-9/h3-6,13H,2,7,12H2,1H3. The maximum absolute atomic E-state index is 5.83. The van der Waals surface area contributed by atoms with Gasteiger partial charge in [0.05, 0.1) is 17.8 Å². The molecule has 14 heavy (non-hydrogen) atoms. The Labute approximate surface area is 82.9 Å². The van der Waals surface area contributed by atoms with Crippen LogP contribution in [0.25, 0.3) is 10.9 Å². The molecule has 1 heterocycles. The molecule has 2 rings (SSSR count). The molecule has 0 spiro atoms. The van der Waals surface area contributed by atoms with Gasteiger partial charge in [0.15, 0.2) is 0 Å². The van der Waals surface area contributed by atoms with Gasteiger partial charge in [-0.3, -0.25) is 0 Å². The minimum atomic E-state index is 0.616. The van der Waals surface area contributed by atoms with Gasteiger partial charge in [0.25, 0.3) is 0 Å². The Balaban J connectivity index is 2.36. The Kier molecular flexibility index (Phi) is 2.41. The number of anilines is 1. The van der Waals surface area contributed by atoms with Crippen molar-refractivity contribution in [3.05, 3.63) is 30.0 Å². The van der Waals surface area contributed by atoms with Crippen LogP contribution in [0.5, 0.6) is 0 Å². The van der Waals surface area contributed by atoms with Crippen LogP contribution in [0, 0.1) is 0 Å². The van der Waals surface area contributed by atoms with E-state index in [0.29, 0.717) is 6.61 Å². The number of ether oxygens (including phenoxy) is 1. The van der Waals surface area contributed by atoms with Crippen LogP contribution in [0.4, 0.5) is 5.69 Å². The lowest BCUT2D eigenvalue weighted by atomic mass is 10.2. The highest BCUT2D eigenvalue weighted by Gasteiger charge is 2.02. The van der Waals surface area contributed by atoms with E-state index in [0.717, 1.165) is 28.9 Å². The molecular weight excluding hydrogens is 176 g/mol. The van der Waals surface area contributed by atoms with Crippen molar-refractivity contribution < 1.29 is 4.74 Å². The molecule has 1 aromatic heterocycles. The summed E-state index contributed by atoms with van der Waals surface area (Å²) < 4.78 is 5.32. The Hall–Kier alpha value is -1.48. The monoisotopic (exact) mass is 190 g/mol. The Bertz CT molecular complexity index is 434. The first kappa shape index (κ1) is 9.09. The maximum Gasteiger partial charge on any atom is 0.0865 e. The first-order chi connectivity index (χ1) is 6.81. The number of H-pyrrole nitrogens is 1. The van der Waals surface area contributed by atoms with Crippen molar-refractivity contribution in [3.8, 4) is 0 Å². The average molecular weight is 190 g/mol. The number of nitrogens with one attached hydrogen (secondary N) is 1. The molecule has 0 bridgehead atoms. The molecule has 0 aliphatic heterocycles. The summed E-state index contributed by atoms with van der Waals surface area (Å²) in [6.07, 6.45) is 0. The molecule has 0 unspecified atom stereocenters. The van der Waals surface area contributed by atoms with Gasteiger partial charge in [0.2, 0.25) is 0 Å². The average Bonchev–Trinajstić information content (AvgIpc) is 2.59. The summed E-state index contributed by atoms with van der Waals surface area (Å²) in [5.74, 6) is 0. The molecule has 0 aliphatic carbocycles. The smallest absolute Gasteiger partial charge is 0.0865 e. The van der Waals surface area contributed by atoms with E-state index in [4.69, 9.17) is 10.5 Å². The van der Waals surface area contributed by atoms with Crippen molar-refractivity contribution >= 4 is 16.6 Å². The van der Waals surface area contributed by atoms with Gasteiger partial charge in [-0.1, -0.05) is 12.1 Å². The van der Waals surface area contributed by atoms with Gasteiger partial charge in [0.1, 0.15) is 0 Å². The quantitative estimate of drug-likeness (QED) is 0.729. The van der Waals surface area contributed by atoms with Crippen molar-refractivity contribution in [2.75, 3.05) is 12.3 Å². The third kappa shape index (κ3) is 1.59. The molecule has 0 amide bonds. The van der Waals surface area contributed by atoms with Gasteiger partial charge >= 0.3 is 0 Å². The fourth-order valence-corrected chi connectivity index (χ4v) is 1.53. The largest absolute Gasteiger partial charge is 0.397 e. The molecule has 3 N–H and O–H groups in total. The highest BCUT2D eigenvalue weighted by atomic mass is 16.5. The Morgan fingerprint density at radius 1 is 1.43 bits per heavy atom. The SMILES string of the molecule is CCOCc1cc2cccc(N)c2[nH]1. The Morgan fingerprint density at radius 2 is 2.29 bits per heavy atom. The molecule has 1 aromatic carbocycles. The normalized spacial score (nSPS) is 10.9. The van der Waals surface area contributed by atoms with Crippen LogP contribution in [0.3, 0.4) is 0 Å². The molecule has 2 aromatic rings. The van der Waals surface area contributed by atoms with E-state index in [9.17, 15) is 0 Å². The number of hydrogen-bond acceptors (Lipinski definition) is 2.